The summed E-state index contributed by atoms with van der Waals surface area (Å²) in [6, 6.07) is 13.2. The van der Waals surface area contributed by atoms with E-state index in [-0.39, 0.29) is 11.5 Å². The first-order valence-electron chi connectivity index (χ1n) is 8.50. The van der Waals surface area contributed by atoms with E-state index in [2.05, 4.69) is 6.58 Å². The van der Waals surface area contributed by atoms with Crippen molar-refractivity contribution in [2.75, 3.05) is 6.61 Å². The minimum absolute atomic E-state index is 0.0544. The number of carbonyl (C=O) groups is 1. The number of hydrogen-bond acceptors (Lipinski definition) is 5. The van der Waals surface area contributed by atoms with Crippen molar-refractivity contribution in [2.24, 2.45) is 0 Å². The van der Waals surface area contributed by atoms with Crippen molar-refractivity contribution in [1.29, 1.82) is 0 Å². The molecule has 0 saturated carbocycles. The zero-order chi connectivity index (χ0) is 18.5. The second-order valence-electron chi connectivity index (χ2n) is 6.03. The first kappa shape index (κ1) is 18.1. The second kappa shape index (κ2) is 8.15. The summed E-state index contributed by atoms with van der Waals surface area (Å²) >= 11 is 1.59. The molecule has 0 amide bonds. The van der Waals surface area contributed by atoms with Gasteiger partial charge >= 0.3 is 5.97 Å². The third kappa shape index (κ3) is 4.11. The zero-order valence-corrected chi connectivity index (χ0v) is 15.4. The van der Waals surface area contributed by atoms with Crippen LogP contribution in [0.2, 0.25) is 0 Å². The van der Waals surface area contributed by atoms with Gasteiger partial charge in [0.1, 0.15) is 5.75 Å². The van der Waals surface area contributed by atoms with Gasteiger partial charge in [0, 0.05) is 26.2 Å². The van der Waals surface area contributed by atoms with Crippen LogP contribution in [0.15, 0.2) is 59.9 Å². The van der Waals surface area contributed by atoms with Crippen LogP contribution in [0.3, 0.4) is 0 Å². The van der Waals surface area contributed by atoms with Crippen molar-refractivity contribution >= 4 is 37.5 Å². The Morgan fingerprint density at radius 2 is 1.96 bits per heavy atom. The first-order valence-corrected chi connectivity index (χ1v) is 9.31. The largest absolute Gasteiger partial charge is 0.494 e. The highest BCUT2D eigenvalue weighted by molar-refractivity contribution is 7.24. The van der Waals surface area contributed by atoms with Gasteiger partial charge < -0.3 is 9.47 Å². The van der Waals surface area contributed by atoms with Crippen molar-refractivity contribution in [3.63, 3.8) is 0 Å². The van der Waals surface area contributed by atoms with E-state index >= 15 is 0 Å². The molecule has 1 atom stereocenters. The second-order valence-corrected chi connectivity index (χ2v) is 7.11. The van der Waals surface area contributed by atoms with E-state index in [4.69, 9.17) is 9.47 Å². The highest BCUT2D eigenvalue weighted by atomic mass is 32.1. The fourth-order valence-corrected chi connectivity index (χ4v) is 3.84. The normalized spacial score (nSPS) is 12.0. The summed E-state index contributed by atoms with van der Waals surface area (Å²) in [5, 5.41) is 1.47. The summed E-state index contributed by atoms with van der Waals surface area (Å²) in [5.41, 5.74) is 0.0544. The van der Waals surface area contributed by atoms with Crippen LogP contribution in [-0.4, -0.2) is 18.7 Å². The molecule has 0 N–H and O–H groups in total. The number of esters is 1. The van der Waals surface area contributed by atoms with Gasteiger partial charge in [-0.3, -0.25) is 4.79 Å². The van der Waals surface area contributed by atoms with E-state index in [1.807, 2.05) is 49.4 Å². The Bertz CT molecular complexity index is 1010. The van der Waals surface area contributed by atoms with E-state index in [1.165, 1.54) is 0 Å². The molecule has 1 heterocycles. The van der Waals surface area contributed by atoms with E-state index in [0.717, 1.165) is 33.0 Å². The number of rotatable bonds is 7. The molecule has 0 fully saturated rings. The average molecular weight is 368 g/mol. The molecule has 0 aliphatic rings. The molecule has 2 aromatic carbocycles. The molecular formula is C21H20O4S. The van der Waals surface area contributed by atoms with Gasteiger partial charge in [-0.05, 0) is 50.1 Å². The van der Waals surface area contributed by atoms with Crippen molar-refractivity contribution < 1.29 is 14.3 Å². The maximum Gasteiger partial charge on any atom is 0.330 e. The van der Waals surface area contributed by atoms with Gasteiger partial charge in [-0.25, -0.2) is 4.79 Å². The highest BCUT2D eigenvalue weighted by Gasteiger charge is 2.08. The Labute approximate surface area is 155 Å². The van der Waals surface area contributed by atoms with Crippen LogP contribution in [0.5, 0.6) is 5.75 Å². The van der Waals surface area contributed by atoms with Crippen molar-refractivity contribution in [1.82, 2.24) is 0 Å². The molecule has 134 valence electrons. The van der Waals surface area contributed by atoms with Gasteiger partial charge in [0.15, 0.2) is 5.43 Å². The van der Waals surface area contributed by atoms with E-state index < -0.39 is 5.97 Å². The molecule has 4 nitrogen and oxygen atoms in total. The van der Waals surface area contributed by atoms with Crippen LogP contribution in [0.25, 0.3) is 20.2 Å². The molecule has 0 aliphatic heterocycles. The Morgan fingerprint density at radius 3 is 2.77 bits per heavy atom. The molecule has 3 rings (SSSR count). The third-order valence-corrected chi connectivity index (χ3v) is 5.19. The predicted molar refractivity (Wildman–Crippen MR) is 106 cm³/mol. The van der Waals surface area contributed by atoms with Gasteiger partial charge in [-0.2, -0.15) is 0 Å². The lowest BCUT2D eigenvalue weighted by atomic mass is 10.2. The van der Waals surface area contributed by atoms with E-state index in [9.17, 15) is 9.59 Å². The summed E-state index contributed by atoms with van der Waals surface area (Å²) in [6.45, 7) is 5.74. The summed E-state index contributed by atoms with van der Waals surface area (Å²) in [5.74, 6) is 0.328. The van der Waals surface area contributed by atoms with Gasteiger partial charge in [-0.15, -0.1) is 11.3 Å². The third-order valence-electron chi connectivity index (χ3n) is 4.06. The average Bonchev–Trinajstić information content (AvgIpc) is 2.65. The Hall–Kier alpha value is -2.66. The quantitative estimate of drug-likeness (QED) is 0.263. The number of benzene rings is 2. The number of ether oxygens (including phenoxy) is 2. The van der Waals surface area contributed by atoms with Gasteiger partial charge in [0.05, 0.1) is 12.7 Å². The molecule has 1 unspecified atom stereocenters. The molecule has 26 heavy (non-hydrogen) atoms. The Balaban J connectivity index is 1.66. The highest BCUT2D eigenvalue weighted by Crippen LogP contribution is 2.27. The fraction of sp³-hybridized carbons (Fsp3) is 0.238. The molecular weight excluding hydrogens is 348 g/mol. The Kier molecular flexibility index (Phi) is 5.68. The van der Waals surface area contributed by atoms with Crippen molar-refractivity contribution in [3.8, 4) is 5.75 Å². The van der Waals surface area contributed by atoms with E-state index in [0.29, 0.717) is 18.4 Å². The van der Waals surface area contributed by atoms with Gasteiger partial charge in [-0.1, -0.05) is 18.7 Å². The monoisotopic (exact) mass is 368 g/mol. The minimum atomic E-state index is -0.407. The van der Waals surface area contributed by atoms with Crippen molar-refractivity contribution in [3.05, 3.63) is 65.3 Å². The fourth-order valence-electron chi connectivity index (χ4n) is 2.74. The van der Waals surface area contributed by atoms with Crippen LogP contribution < -0.4 is 10.2 Å². The number of carbonyl (C=O) groups excluding carboxylic acids is 1. The SMILES string of the molecule is C=CC(=O)OC(C)CCCOc1ccc2c(=O)c3ccccc3sc2c1. The molecule has 3 aromatic rings. The smallest absolute Gasteiger partial charge is 0.330 e. The minimum Gasteiger partial charge on any atom is -0.494 e. The maximum atomic E-state index is 12.6. The summed E-state index contributed by atoms with van der Waals surface area (Å²) in [6.07, 6.45) is 2.47. The Morgan fingerprint density at radius 1 is 1.19 bits per heavy atom. The lowest BCUT2D eigenvalue weighted by Crippen LogP contribution is -2.14. The molecule has 0 radical (unpaired) electrons. The number of fused-ring (bicyclic) bond motifs is 2. The summed E-state index contributed by atoms with van der Waals surface area (Å²) in [7, 11) is 0. The van der Waals surface area contributed by atoms with Crippen LogP contribution in [0, 0.1) is 0 Å². The number of hydrogen-bond donors (Lipinski definition) is 0. The van der Waals surface area contributed by atoms with Crippen LogP contribution in [0.1, 0.15) is 19.8 Å². The lowest BCUT2D eigenvalue weighted by Gasteiger charge is -2.12. The standard InChI is InChI=1S/C21H20O4S/c1-3-20(22)25-14(2)7-6-12-24-15-10-11-17-19(13-15)26-18-9-5-4-8-16(18)21(17)23/h3-5,8-11,13-14H,1,6-7,12H2,2H3. The lowest BCUT2D eigenvalue weighted by molar-refractivity contribution is -0.142. The summed E-state index contributed by atoms with van der Waals surface area (Å²) in [4.78, 5) is 23.7. The molecule has 0 spiro atoms. The van der Waals surface area contributed by atoms with E-state index in [1.54, 1.807) is 11.3 Å². The van der Waals surface area contributed by atoms with Crippen LogP contribution in [-0.2, 0) is 9.53 Å². The molecule has 0 bridgehead atoms. The molecule has 0 saturated heterocycles. The maximum absolute atomic E-state index is 12.6. The van der Waals surface area contributed by atoms with Gasteiger partial charge in [0.25, 0.3) is 0 Å². The molecule has 5 heteroatoms. The zero-order valence-electron chi connectivity index (χ0n) is 14.6. The topological polar surface area (TPSA) is 52.6 Å². The van der Waals surface area contributed by atoms with Crippen LogP contribution >= 0.6 is 11.3 Å². The predicted octanol–water partition coefficient (Wildman–Crippen LogP) is 4.69. The van der Waals surface area contributed by atoms with Crippen molar-refractivity contribution in [2.45, 2.75) is 25.9 Å². The first-order chi connectivity index (χ1) is 12.6. The summed E-state index contributed by atoms with van der Waals surface area (Å²) < 4.78 is 12.8. The van der Waals surface area contributed by atoms with Gasteiger partial charge in [0.2, 0.25) is 0 Å². The molecule has 0 aliphatic carbocycles. The van der Waals surface area contributed by atoms with Crippen LogP contribution in [0.4, 0.5) is 0 Å². The molecule has 1 aromatic heterocycles.